The van der Waals surface area contributed by atoms with Gasteiger partial charge >= 0.3 is 0 Å². The van der Waals surface area contributed by atoms with Crippen molar-refractivity contribution >= 4 is 0 Å². The number of nitrogens with zero attached hydrogens (tertiary/aromatic N) is 1. The Balaban J connectivity index is 1.45. The highest BCUT2D eigenvalue weighted by molar-refractivity contribution is 5.44. The van der Waals surface area contributed by atoms with E-state index in [9.17, 15) is 0 Å². The second-order valence-electron chi connectivity index (χ2n) is 8.78. The standard InChI is InChI=1S/C23H36N2O/c1-25-12-5-8-22(25)10-13-26-23-16-21-17-24-11-9-19(21)15-20(23)14-18-6-3-2-4-7-18/h15-16,18,22,24H,2-14,17H2,1H3/t22-/m0/s1. The van der Waals surface area contributed by atoms with Gasteiger partial charge in [0.1, 0.15) is 5.75 Å². The monoisotopic (exact) mass is 356 g/mol. The van der Waals surface area contributed by atoms with Crippen molar-refractivity contribution in [3.63, 3.8) is 0 Å². The predicted molar refractivity (Wildman–Crippen MR) is 108 cm³/mol. The maximum absolute atomic E-state index is 6.40. The summed E-state index contributed by atoms with van der Waals surface area (Å²) in [7, 11) is 2.26. The van der Waals surface area contributed by atoms with Crippen LogP contribution in [0, 0.1) is 5.92 Å². The van der Waals surface area contributed by atoms with Crippen LogP contribution in [0.15, 0.2) is 12.1 Å². The Bertz CT molecular complexity index is 594. The summed E-state index contributed by atoms with van der Waals surface area (Å²) in [4.78, 5) is 2.50. The van der Waals surface area contributed by atoms with E-state index in [1.165, 1.54) is 81.2 Å². The Hall–Kier alpha value is -1.06. The average molecular weight is 357 g/mol. The predicted octanol–water partition coefficient (Wildman–Crippen LogP) is 4.32. The van der Waals surface area contributed by atoms with E-state index in [0.717, 1.165) is 38.1 Å². The number of likely N-dealkylation sites (tertiary alicyclic amines) is 1. The van der Waals surface area contributed by atoms with Gasteiger partial charge < -0.3 is 15.0 Å². The van der Waals surface area contributed by atoms with E-state index in [-0.39, 0.29) is 0 Å². The van der Waals surface area contributed by atoms with E-state index < -0.39 is 0 Å². The maximum atomic E-state index is 6.40. The summed E-state index contributed by atoms with van der Waals surface area (Å²) in [5.41, 5.74) is 4.49. The molecule has 2 aliphatic heterocycles. The minimum atomic E-state index is 0.719. The zero-order valence-electron chi connectivity index (χ0n) is 16.6. The molecule has 0 unspecified atom stereocenters. The van der Waals surface area contributed by atoms with E-state index >= 15 is 0 Å². The van der Waals surface area contributed by atoms with Gasteiger partial charge in [0, 0.05) is 12.6 Å². The van der Waals surface area contributed by atoms with Gasteiger partial charge in [-0.05, 0) is 80.9 Å². The van der Waals surface area contributed by atoms with Crippen LogP contribution in [0.2, 0.25) is 0 Å². The van der Waals surface area contributed by atoms with E-state index in [4.69, 9.17) is 4.74 Å². The van der Waals surface area contributed by atoms with E-state index in [1.54, 1.807) is 5.56 Å². The number of benzene rings is 1. The largest absolute Gasteiger partial charge is 0.493 e. The van der Waals surface area contributed by atoms with Gasteiger partial charge in [0.2, 0.25) is 0 Å². The lowest BCUT2D eigenvalue weighted by Crippen LogP contribution is -2.27. The van der Waals surface area contributed by atoms with Crippen LogP contribution < -0.4 is 10.1 Å². The molecule has 3 nitrogen and oxygen atoms in total. The first-order valence-electron chi connectivity index (χ1n) is 11.0. The molecular formula is C23H36N2O. The molecule has 1 atom stereocenters. The van der Waals surface area contributed by atoms with Crippen molar-refractivity contribution in [3.05, 3.63) is 28.8 Å². The second-order valence-corrected chi connectivity index (χ2v) is 8.78. The Kier molecular flexibility index (Phi) is 6.16. The molecule has 1 saturated carbocycles. The first kappa shape index (κ1) is 18.3. The third-order valence-corrected chi connectivity index (χ3v) is 6.88. The third kappa shape index (κ3) is 4.43. The number of rotatable bonds is 6. The summed E-state index contributed by atoms with van der Waals surface area (Å²) in [6.45, 7) is 4.23. The molecular weight excluding hydrogens is 320 g/mol. The minimum Gasteiger partial charge on any atom is -0.493 e. The highest BCUT2D eigenvalue weighted by atomic mass is 16.5. The van der Waals surface area contributed by atoms with Crippen molar-refractivity contribution in [3.8, 4) is 5.75 Å². The summed E-state index contributed by atoms with van der Waals surface area (Å²) >= 11 is 0. The molecule has 3 heteroatoms. The Morgan fingerprint density at radius 3 is 2.77 bits per heavy atom. The molecule has 0 bridgehead atoms. The van der Waals surface area contributed by atoms with Crippen molar-refractivity contribution in [2.24, 2.45) is 5.92 Å². The molecule has 1 aliphatic carbocycles. The molecule has 1 N–H and O–H groups in total. The zero-order valence-corrected chi connectivity index (χ0v) is 16.6. The molecule has 2 heterocycles. The topological polar surface area (TPSA) is 24.5 Å². The molecule has 1 aromatic carbocycles. The van der Waals surface area contributed by atoms with Crippen LogP contribution in [0.25, 0.3) is 0 Å². The molecule has 144 valence electrons. The quantitative estimate of drug-likeness (QED) is 0.821. The first-order chi connectivity index (χ1) is 12.8. The lowest BCUT2D eigenvalue weighted by atomic mass is 9.83. The van der Waals surface area contributed by atoms with Crippen molar-refractivity contribution in [1.82, 2.24) is 10.2 Å². The van der Waals surface area contributed by atoms with Crippen LogP contribution in [0.5, 0.6) is 5.75 Å². The van der Waals surface area contributed by atoms with Gasteiger partial charge in [0.25, 0.3) is 0 Å². The molecule has 26 heavy (non-hydrogen) atoms. The number of nitrogens with one attached hydrogen (secondary N) is 1. The maximum Gasteiger partial charge on any atom is 0.122 e. The number of fused-ring (bicyclic) bond motifs is 1. The lowest BCUT2D eigenvalue weighted by molar-refractivity contribution is 0.231. The normalized spacial score (nSPS) is 24.6. The van der Waals surface area contributed by atoms with Crippen molar-refractivity contribution in [2.45, 2.75) is 76.8 Å². The molecule has 0 amide bonds. The molecule has 2 fully saturated rings. The fourth-order valence-corrected chi connectivity index (χ4v) is 5.21. The van der Waals surface area contributed by atoms with Crippen LogP contribution in [-0.4, -0.2) is 37.7 Å². The van der Waals surface area contributed by atoms with Gasteiger partial charge in [-0.2, -0.15) is 0 Å². The fraction of sp³-hybridized carbons (Fsp3) is 0.739. The number of ether oxygens (including phenoxy) is 1. The highest BCUT2D eigenvalue weighted by Crippen LogP contribution is 2.33. The van der Waals surface area contributed by atoms with Crippen molar-refractivity contribution < 1.29 is 4.74 Å². The first-order valence-corrected chi connectivity index (χ1v) is 11.0. The van der Waals surface area contributed by atoms with Crippen LogP contribution in [0.1, 0.15) is 68.1 Å². The highest BCUT2D eigenvalue weighted by Gasteiger charge is 2.22. The van der Waals surface area contributed by atoms with E-state index in [1.807, 2.05) is 0 Å². The van der Waals surface area contributed by atoms with E-state index in [2.05, 4.69) is 29.4 Å². The molecule has 1 saturated heterocycles. The van der Waals surface area contributed by atoms with Crippen LogP contribution in [0.3, 0.4) is 0 Å². The van der Waals surface area contributed by atoms with Gasteiger partial charge in [-0.3, -0.25) is 0 Å². The molecule has 0 aromatic heterocycles. The Morgan fingerprint density at radius 1 is 1.08 bits per heavy atom. The summed E-state index contributed by atoms with van der Waals surface area (Å²) < 4.78 is 6.40. The van der Waals surface area contributed by atoms with Crippen LogP contribution in [0.4, 0.5) is 0 Å². The van der Waals surface area contributed by atoms with Crippen molar-refractivity contribution in [1.29, 1.82) is 0 Å². The molecule has 0 radical (unpaired) electrons. The van der Waals surface area contributed by atoms with Gasteiger partial charge in [-0.1, -0.05) is 38.2 Å². The van der Waals surface area contributed by atoms with Gasteiger partial charge in [-0.25, -0.2) is 0 Å². The number of hydrogen-bond donors (Lipinski definition) is 1. The summed E-state index contributed by atoms with van der Waals surface area (Å²) in [5.74, 6) is 2.05. The molecule has 1 aromatic rings. The third-order valence-electron chi connectivity index (χ3n) is 6.88. The van der Waals surface area contributed by atoms with Gasteiger partial charge in [0.15, 0.2) is 0 Å². The van der Waals surface area contributed by atoms with Crippen molar-refractivity contribution in [2.75, 3.05) is 26.7 Å². The molecule has 0 spiro atoms. The second kappa shape index (κ2) is 8.75. The fourth-order valence-electron chi connectivity index (χ4n) is 5.21. The van der Waals surface area contributed by atoms with Gasteiger partial charge in [-0.15, -0.1) is 0 Å². The summed E-state index contributed by atoms with van der Waals surface area (Å²) in [5, 5.41) is 3.51. The van der Waals surface area contributed by atoms with E-state index in [0.29, 0.717) is 0 Å². The average Bonchev–Trinajstić information content (AvgIpc) is 3.08. The minimum absolute atomic E-state index is 0.719. The molecule has 4 rings (SSSR count). The van der Waals surface area contributed by atoms with Crippen LogP contribution >= 0.6 is 0 Å². The Labute approximate surface area is 159 Å². The Morgan fingerprint density at radius 2 is 1.96 bits per heavy atom. The molecule has 3 aliphatic rings. The summed E-state index contributed by atoms with van der Waals surface area (Å²) in [6, 6.07) is 5.57. The summed E-state index contributed by atoms with van der Waals surface area (Å²) in [6.07, 6.45) is 13.3. The number of hydrogen-bond acceptors (Lipinski definition) is 3. The smallest absolute Gasteiger partial charge is 0.122 e. The zero-order chi connectivity index (χ0) is 17.8. The SMILES string of the molecule is CN1CCC[C@H]1CCOc1cc2c(cc1CC1CCCCC1)CCNC2. The van der Waals surface area contributed by atoms with Crippen LogP contribution in [-0.2, 0) is 19.4 Å². The lowest BCUT2D eigenvalue weighted by Gasteiger charge is -2.26. The van der Waals surface area contributed by atoms with Gasteiger partial charge in [0.05, 0.1) is 6.61 Å².